The van der Waals surface area contributed by atoms with Gasteiger partial charge in [-0.15, -0.1) is 0 Å². The van der Waals surface area contributed by atoms with Gasteiger partial charge in [0.2, 0.25) is 0 Å². The third kappa shape index (κ3) is 1.14. The van der Waals surface area contributed by atoms with Crippen molar-refractivity contribution in [3.8, 4) is 0 Å². The summed E-state index contributed by atoms with van der Waals surface area (Å²) in [6.07, 6.45) is 1.93. The molecule has 8 heavy (non-hydrogen) atoms. The van der Waals surface area contributed by atoms with Crippen molar-refractivity contribution in [2.75, 3.05) is 25.1 Å². The topological polar surface area (TPSA) is 12.0 Å². The molecule has 0 saturated carbocycles. The van der Waals surface area contributed by atoms with Gasteiger partial charge in [0.15, 0.2) is 0 Å². The molecule has 0 aromatic rings. The van der Waals surface area contributed by atoms with E-state index in [1.165, 1.54) is 0 Å². The van der Waals surface area contributed by atoms with Crippen LogP contribution < -0.4 is 5.32 Å². The molecule has 0 radical (unpaired) electrons. The molecule has 0 bridgehead atoms. The molecule has 0 amide bonds. The molecule has 1 rings (SSSR count). The highest BCUT2D eigenvalue weighted by molar-refractivity contribution is 7.98. The van der Waals surface area contributed by atoms with Crippen molar-refractivity contribution in [1.82, 2.24) is 5.32 Å². The second-order valence-corrected chi connectivity index (χ2v) is 3.05. The van der Waals surface area contributed by atoms with Gasteiger partial charge in [0.25, 0.3) is 0 Å². The number of hydrogen-bond donors (Lipinski definition) is 1. The summed E-state index contributed by atoms with van der Waals surface area (Å²) in [6.45, 7) is 1.10. The summed E-state index contributed by atoms with van der Waals surface area (Å²) in [4.78, 5) is 0. The Kier molecular flexibility index (Phi) is 1.77. The van der Waals surface area contributed by atoms with Crippen molar-refractivity contribution < 1.29 is 4.39 Å². The first-order chi connectivity index (χ1) is 3.77. The van der Waals surface area contributed by atoms with Crippen molar-refractivity contribution in [1.29, 1.82) is 0 Å². The van der Waals surface area contributed by atoms with Gasteiger partial charge in [0.1, 0.15) is 5.67 Å². The summed E-state index contributed by atoms with van der Waals surface area (Å²) in [6, 6.07) is 0. The number of thioether (sulfide) groups is 1. The van der Waals surface area contributed by atoms with E-state index in [1.54, 1.807) is 11.8 Å². The fourth-order valence-corrected chi connectivity index (χ4v) is 1.48. The second-order valence-electron chi connectivity index (χ2n) is 2.19. The highest BCUT2D eigenvalue weighted by Gasteiger charge is 2.35. The molecule has 1 fully saturated rings. The minimum Gasteiger partial charge on any atom is -0.310 e. The van der Waals surface area contributed by atoms with Gasteiger partial charge in [0.05, 0.1) is 0 Å². The van der Waals surface area contributed by atoms with E-state index in [-0.39, 0.29) is 0 Å². The highest BCUT2D eigenvalue weighted by atomic mass is 32.2. The van der Waals surface area contributed by atoms with Crippen molar-refractivity contribution >= 4 is 11.8 Å². The number of nitrogens with one attached hydrogen (secondary N) is 1. The molecule has 3 heteroatoms. The Morgan fingerprint density at radius 3 is 2.50 bits per heavy atom. The molecule has 48 valence electrons. The van der Waals surface area contributed by atoms with Gasteiger partial charge in [-0.25, -0.2) is 4.39 Å². The van der Waals surface area contributed by atoms with Crippen LogP contribution >= 0.6 is 11.8 Å². The average Bonchev–Trinajstić information content (AvgIpc) is 1.64. The van der Waals surface area contributed by atoms with Crippen LogP contribution in [0.25, 0.3) is 0 Å². The summed E-state index contributed by atoms with van der Waals surface area (Å²) in [5.74, 6) is 0.639. The number of hydrogen-bond acceptors (Lipinski definition) is 2. The van der Waals surface area contributed by atoms with Crippen LogP contribution in [-0.2, 0) is 0 Å². The Morgan fingerprint density at radius 1 is 1.75 bits per heavy atom. The predicted molar refractivity (Wildman–Crippen MR) is 35.1 cm³/mol. The van der Waals surface area contributed by atoms with Crippen LogP contribution in [0, 0.1) is 0 Å². The maximum atomic E-state index is 12.8. The SMILES string of the molecule is CSCC1(F)CNC1. The predicted octanol–water partition coefficient (Wildman–Crippen LogP) is 0.661. The standard InChI is InChI=1S/C5H10FNS/c1-8-4-5(6)2-7-3-5/h7H,2-4H2,1H3. The number of halogens is 1. The van der Waals surface area contributed by atoms with Crippen LogP contribution in [0.1, 0.15) is 0 Å². The molecule has 1 aliphatic rings. The van der Waals surface area contributed by atoms with Crippen LogP contribution in [0.15, 0.2) is 0 Å². The van der Waals surface area contributed by atoms with Crippen molar-refractivity contribution in [3.63, 3.8) is 0 Å². The van der Waals surface area contributed by atoms with E-state index in [9.17, 15) is 4.39 Å². The molecule has 1 N–H and O–H groups in total. The van der Waals surface area contributed by atoms with Crippen LogP contribution in [0.3, 0.4) is 0 Å². The van der Waals surface area contributed by atoms with Gasteiger partial charge < -0.3 is 5.32 Å². The molecule has 0 unspecified atom stereocenters. The van der Waals surface area contributed by atoms with E-state index in [1.807, 2.05) is 6.26 Å². The van der Waals surface area contributed by atoms with Gasteiger partial charge in [-0.1, -0.05) is 0 Å². The molecule has 0 aliphatic carbocycles. The number of alkyl halides is 1. The Balaban J connectivity index is 2.20. The molecule has 0 spiro atoms. The minimum atomic E-state index is -0.876. The Morgan fingerprint density at radius 2 is 2.38 bits per heavy atom. The van der Waals surface area contributed by atoms with Crippen LogP contribution in [0.2, 0.25) is 0 Å². The van der Waals surface area contributed by atoms with E-state index < -0.39 is 5.67 Å². The fourth-order valence-electron chi connectivity index (χ4n) is 0.757. The molecular weight excluding hydrogens is 125 g/mol. The monoisotopic (exact) mass is 135 g/mol. The van der Waals surface area contributed by atoms with Gasteiger partial charge in [-0.2, -0.15) is 11.8 Å². The maximum absolute atomic E-state index is 12.8. The molecule has 1 nitrogen and oxygen atoms in total. The first kappa shape index (κ1) is 6.36. The lowest BCUT2D eigenvalue weighted by Crippen LogP contribution is -2.57. The van der Waals surface area contributed by atoms with Gasteiger partial charge in [0, 0.05) is 18.8 Å². The molecule has 1 heterocycles. The van der Waals surface area contributed by atoms with Crippen LogP contribution in [0.4, 0.5) is 4.39 Å². The number of rotatable bonds is 2. The molecule has 1 saturated heterocycles. The Labute approximate surface area is 53.0 Å². The highest BCUT2D eigenvalue weighted by Crippen LogP contribution is 2.20. The summed E-state index contributed by atoms with van der Waals surface area (Å²) >= 11 is 1.57. The van der Waals surface area contributed by atoms with E-state index in [4.69, 9.17) is 0 Å². The summed E-state index contributed by atoms with van der Waals surface area (Å²) < 4.78 is 12.8. The third-order valence-electron chi connectivity index (χ3n) is 1.29. The maximum Gasteiger partial charge on any atom is 0.144 e. The van der Waals surface area contributed by atoms with Crippen LogP contribution in [0.5, 0.6) is 0 Å². The lowest BCUT2D eigenvalue weighted by molar-refractivity contribution is 0.119. The summed E-state index contributed by atoms with van der Waals surface area (Å²) in [7, 11) is 0. The largest absolute Gasteiger partial charge is 0.310 e. The zero-order valence-corrected chi connectivity index (χ0v) is 5.72. The second kappa shape index (κ2) is 2.23. The van der Waals surface area contributed by atoms with E-state index in [0.717, 1.165) is 0 Å². The zero-order chi connectivity index (χ0) is 6.04. The zero-order valence-electron chi connectivity index (χ0n) is 4.91. The third-order valence-corrected chi connectivity index (χ3v) is 2.09. The average molecular weight is 135 g/mol. The Hall–Kier alpha value is 0.240. The molecule has 0 atom stereocenters. The molecule has 0 aromatic heterocycles. The van der Waals surface area contributed by atoms with Crippen molar-refractivity contribution in [3.05, 3.63) is 0 Å². The fraction of sp³-hybridized carbons (Fsp3) is 1.00. The van der Waals surface area contributed by atoms with E-state index in [2.05, 4.69) is 5.32 Å². The van der Waals surface area contributed by atoms with E-state index in [0.29, 0.717) is 18.8 Å². The van der Waals surface area contributed by atoms with Gasteiger partial charge in [-0.3, -0.25) is 0 Å². The van der Waals surface area contributed by atoms with E-state index >= 15 is 0 Å². The first-order valence-corrected chi connectivity index (χ1v) is 4.05. The molecule has 0 aromatic carbocycles. The Bertz CT molecular complexity index is 82.5. The minimum absolute atomic E-state index is 0.549. The smallest absolute Gasteiger partial charge is 0.144 e. The van der Waals surface area contributed by atoms with Crippen LogP contribution in [-0.4, -0.2) is 30.8 Å². The summed E-state index contributed by atoms with van der Waals surface area (Å²) in [5, 5.41) is 2.90. The van der Waals surface area contributed by atoms with Gasteiger partial charge in [-0.05, 0) is 6.26 Å². The quantitative estimate of drug-likeness (QED) is 0.597. The normalized spacial score (nSPS) is 24.8. The van der Waals surface area contributed by atoms with Gasteiger partial charge >= 0.3 is 0 Å². The first-order valence-electron chi connectivity index (χ1n) is 2.65. The van der Waals surface area contributed by atoms with Crippen molar-refractivity contribution in [2.24, 2.45) is 0 Å². The summed E-state index contributed by atoms with van der Waals surface area (Å²) in [5.41, 5.74) is -0.876. The molecular formula is C5H10FNS. The molecule has 1 aliphatic heterocycles. The van der Waals surface area contributed by atoms with Crippen molar-refractivity contribution in [2.45, 2.75) is 5.67 Å². The lowest BCUT2D eigenvalue weighted by Gasteiger charge is -2.34. The lowest BCUT2D eigenvalue weighted by atomic mass is 10.0.